The Labute approximate surface area is 195 Å². The third-order valence-electron chi connectivity index (χ3n) is 5.13. The molecule has 2 atom stereocenters. The Bertz CT molecular complexity index is 1290. The van der Waals surface area contributed by atoms with E-state index in [0.29, 0.717) is 6.61 Å². The van der Waals surface area contributed by atoms with Crippen LogP contribution in [0.3, 0.4) is 0 Å². The summed E-state index contributed by atoms with van der Waals surface area (Å²) in [5.41, 5.74) is -0.0174. The number of hydrogen-bond acceptors (Lipinski definition) is 6. The molecule has 168 valence electrons. The maximum absolute atomic E-state index is 11.6. The van der Waals surface area contributed by atoms with E-state index in [9.17, 15) is 9.90 Å². The minimum Gasteiger partial charge on any atom is -0.505 e. The second-order valence-corrected chi connectivity index (χ2v) is 7.81. The fourth-order valence-corrected chi connectivity index (χ4v) is 3.72. The number of ether oxygens (including phenoxy) is 3. The summed E-state index contributed by atoms with van der Waals surface area (Å²) in [4.78, 5) is 14.1. The first kappa shape index (κ1) is 22.6. The summed E-state index contributed by atoms with van der Waals surface area (Å²) in [5.74, 6) is 2.43. The molecular formula is C25H22N2O5S. The molecule has 4 rings (SSSR count). The van der Waals surface area contributed by atoms with Crippen LogP contribution in [-0.2, 0) is 27.4 Å². The number of hydrogen-bond donors (Lipinski definition) is 2. The molecule has 0 aliphatic carbocycles. The molecule has 2 N–H and O–H groups in total. The zero-order chi connectivity index (χ0) is 23.3. The lowest BCUT2D eigenvalue weighted by atomic mass is 10.0. The molecule has 1 unspecified atom stereocenters. The molecule has 1 aliphatic heterocycles. The zero-order valence-electron chi connectivity index (χ0n) is 17.6. The van der Waals surface area contributed by atoms with Gasteiger partial charge in [-0.1, -0.05) is 66.6 Å². The van der Waals surface area contributed by atoms with E-state index in [2.05, 4.69) is 10.9 Å². The fraction of sp³-hybridized carbons (Fsp3) is 0.200. The van der Waals surface area contributed by atoms with E-state index in [1.165, 1.54) is 16.8 Å². The number of nitrogens with one attached hydrogen (secondary N) is 1. The molecule has 0 radical (unpaired) electrons. The average molecular weight is 463 g/mol. The van der Waals surface area contributed by atoms with Gasteiger partial charge in [0.05, 0.1) is 13.2 Å². The van der Waals surface area contributed by atoms with Gasteiger partial charge in [-0.05, 0) is 23.3 Å². The van der Waals surface area contributed by atoms with Gasteiger partial charge in [-0.2, -0.15) is 0 Å². The topological polar surface area (TPSA) is 85.7 Å². The molecule has 0 fully saturated rings. The van der Waals surface area contributed by atoms with Crippen molar-refractivity contribution in [3.8, 4) is 12.3 Å². The van der Waals surface area contributed by atoms with Crippen LogP contribution in [0, 0.1) is 17.1 Å². The molecule has 0 saturated heterocycles. The van der Waals surface area contributed by atoms with E-state index in [-0.39, 0.29) is 35.1 Å². The van der Waals surface area contributed by atoms with Crippen LogP contribution in [0.25, 0.3) is 0 Å². The summed E-state index contributed by atoms with van der Waals surface area (Å²) in [6.45, 7) is 0.387. The Morgan fingerprint density at radius 2 is 1.73 bits per heavy atom. The first-order valence-corrected chi connectivity index (χ1v) is 10.6. The molecule has 2 heterocycles. The number of nitrogens with zero attached hydrogens (tertiary/aromatic N) is 1. The van der Waals surface area contributed by atoms with Crippen LogP contribution < -0.4 is 5.56 Å². The molecule has 0 spiro atoms. The van der Waals surface area contributed by atoms with Crippen molar-refractivity contribution in [1.29, 1.82) is 0 Å². The molecule has 8 heteroatoms. The van der Waals surface area contributed by atoms with Crippen molar-refractivity contribution in [2.75, 3.05) is 6.61 Å². The van der Waals surface area contributed by atoms with E-state index in [1.54, 1.807) is 0 Å². The molecule has 0 bridgehead atoms. The maximum Gasteiger partial charge on any atom is 0.251 e. The van der Waals surface area contributed by atoms with Crippen molar-refractivity contribution in [1.82, 2.24) is 9.55 Å². The van der Waals surface area contributed by atoms with Crippen LogP contribution in [0.2, 0.25) is 0 Å². The standard InChI is InChI=1S/C25H22N2O5S/c1-2-25(17-30-15-18-9-5-3-6-10-18)22(31-16-19-11-7-4-8-12-19)21(29)23(32-25)27-14-13-20(28)26-24(27)33/h1,3-14,23,29H,15-17H2,(H,26,28,33)/t23-,25?/m1/s1. The minimum atomic E-state index is -1.50. The van der Waals surface area contributed by atoms with Gasteiger partial charge in [0.2, 0.25) is 5.60 Å². The third kappa shape index (κ3) is 4.91. The number of aliphatic hydroxyl groups is 1. The summed E-state index contributed by atoms with van der Waals surface area (Å²) >= 11 is 5.24. The quantitative estimate of drug-likeness (QED) is 0.389. The summed E-state index contributed by atoms with van der Waals surface area (Å²) in [7, 11) is 0. The molecule has 7 nitrogen and oxygen atoms in total. The van der Waals surface area contributed by atoms with Gasteiger partial charge < -0.3 is 19.3 Å². The van der Waals surface area contributed by atoms with Crippen molar-refractivity contribution in [3.05, 3.63) is 111 Å². The molecule has 0 amide bonds. The summed E-state index contributed by atoms with van der Waals surface area (Å²) in [6, 6.07) is 20.3. The van der Waals surface area contributed by atoms with Gasteiger partial charge in [0.15, 0.2) is 22.5 Å². The second kappa shape index (κ2) is 9.88. The largest absolute Gasteiger partial charge is 0.505 e. The number of aromatic amines is 1. The number of aromatic nitrogens is 2. The van der Waals surface area contributed by atoms with Gasteiger partial charge in [0.25, 0.3) is 5.56 Å². The molecule has 0 saturated carbocycles. The Morgan fingerprint density at radius 1 is 1.09 bits per heavy atom. The first-order chi connectivity index (χ1) is 16.0. The van der Waals surface area contributed by atoms with Crippen LogP contribution in [0.5, 0.6) is 0 Å². The van der Waals surface area contributed by atoms with Crippen molar-refractivity contribution in [2.24, 2.45) is 0 Å². The number of terminal acetylenes is 1. The Morgan fingerprint density at radius 3 is 2.33 bits per heavy atom. The highest BCUT2D eigenvalue weighted by atomic mass is 32.1. The highest BCUT2D eigenvalue weighted by molar-refractivity contribution is 7.71. The monoisotopic (exact) mass is 462 g/mol. The highest BCUT2D eigenvalue weighted by Crippen LogP contribution is 2.41. The van der Waals surface area contributed by atoms with Gasteiger partial charge in [0.1, 0.15) is 6.61 Å². The predicted molar refractivity (Wildman–Crippen MR) is 125 cm³/mol. The summed E-state index contributed by atoms with van der Waals surface area (Å²) in [6.07, 6.45) is 6.24. The normalized spacial score (nSPS) is 19.9. The number of aliphatic hydroxyl groups excluding tert-OH is 1. The molecule has 33 heavy (non-hydrogen) atoms. The summed E-state index contributed by atoms with van der Waals surface area (Å²) in [5, 5.41) is 11.1. The lowest BCUT2D eigenvalue weighted by molar-refractivity contribution is -0.0976. The number of benzene rings is 2. The smallest absolute Gasteiger partial charge is 0.251 e. The molecule has 3 aromatic rings. The van der Waals surface area contributed by atoms with Crippen molar-refractivity contribution >= 4 is 12.2 Å². The number of rotatable bonds is 8. The first-order valence-electron chi connectivity index (χ1n) is 10.2. The van der Waals surface area contributed by atoms with E-state index < -0.39 is 11.8 Å². The van der Waals surface area contributed by atoms with Crippen LogP contribution in [0.15, 0.2) is 89.2 Å². The number of H-pyrrole nitrogens is 1. The van der Waals surface area contributed by atoms with Crippen molar-refractivity contribution in [3.63, 3.8) is 0 Å². The van der Waals surface area contributed by atoms with Gasteiger partial charge in [-0.25, -0.2) is 0 Å². The van der Waals surface area contributed by atoms with E-state index in [4.69, 9.17) is 32.9 Å². The Balaban J connectivity index is 1.64. The third-order valence-corrected chi connectivity index (χ3v) is 5.44. The molecule has 1 aromatic heterocycles. The zero-order valence-corrected chi connectivity index (χ0v) is 18.5. The van der Waals surface area contributed by atoms with Gasteiger partial charge in [0, 0.05) is 12.3 Å². The van der Waals surface area contributed by atoms with Crippen LogP contribution in [-0.4, -0.2) is 26.9 Å². The van der Waals surface area contributed by atoms with Crippen molar-refractivity contribution in [2.45, 2.75) is 25.0 Å². The Kier molecular flexibility index (Phi) is 6.75. The van der Waals surface area contributed by atoms with E-state index in [1.807, 2.05) is 60.7 Å². The predicted octanol–water partition coefficient (Wildman–Crippen LogP) is 4.01. The van der Waals surface area contributed by atoms with Gasteiger partial charge in [-0.3, -0.25) is 14.3 Å². The van der Waals surface area contributed by atoms with Crippen molar-refractivity contribution < 1.29 is 19.3 Å². The fourth-order valence-electron chi connectivity index (χ4n) is 3.47. The SMILES string of the molecule is C#CC1(COCc2ccccc2)O[C@@H](n2ccc(=O)[nH]c2=S)C(O)=C1OCc1ccccc1. The van der Waals surface area contributed by atoms with Crippen LogP contribution in [0.1, 0.15) is 17.4 Å². The molecule has 1 aliphatic rings. The minimum absolute atomic E-state index is 0.0690. The van der Waals surface area contributed by atoms with E-state index >= 15 is 0 Å². The van der Waals surface area contributed by atoms with Gasteiger partial charge in [-0.15, -0.1) is 6.42 Å². The lowest BCUT2D eigenvalue weighted by Crippen LogP contribution is -2.37. The molecule has 2 aromatic carbocycles. The van der Waals surface area contributed by atoms with Crippen LogP contribution >= 0.6 is 12.2 Å². The highest BCUT2D eigenvalue weighted by Gasteiger charge is 2.50. The maximum atomic E-state index is 11.6. The second-order valence-electron chi connectivity index (χ2n) is 7.43. The Hall–Kier alpha value is -3.64. The lowest BCUT2D eigenvalue weighted by Gasteiger charge is -2.26. The van der Waals surface area contributed by atoms with Gasteiger partial charge >= 0.3 is 0 Å². The molecular weight excluding hydrogens is 440 g/mol. The van der Waals surface area contributed by atoms with E-state index in [0.717, 1.165) is 11.1 Å². The van der Waals surface area contributed by atoms with Crippen LogP contribution in [0.4, 0.5) is 0 Å². The summed E-state index contributed by atoms with van der Waals surface area (Å²) < 4.78 is 19.5. The average Bonchev–Trinajstić information content (AvgIpc) is 3.10.